The number of nitrogens with zero attached hydrogens (tertiary/aromatic N) is 2. The molecule has 9 nitrogen and oxygen atoms in total. The molecule has 1 fully saturated rings. The number of halogens is 5. The van der Waals surface area contributed by atoms with Gasteiger partial charge in [0.1, 0.15) is 10.7 Å². The van der Waals surface area contributed by atoms with E-state index in [-0.39, 0.29) is 16.0 Å². The zero-order valence-corrected chi connectivity index (χ0v) is 19.4. The summed E-state index contributed by atoms with van der Waals surface area (Å²) in [5, 5.41) is 10.4. The molecule has 0 spiro atoms. The molecule has 3 N–H and O–H groups in total. The van der Waals surface area contributed by atoms with Crippen molar-refractivity contribution >= 4 is 43.4 Å². The molecule has 2 aromatic rings. The van der Waals surface area contributed by atoms with Crippen molar-refractivity contribution in [1.29, 1.82) is 0 Å². The van der Waals surface area contributed by atoms with E-state index in [0.29, 0.717) is 0 Å². The lowest BCUT2D eigenvalue weighted by molar-refractivity contribution is -0.192. The maximum Gasteiger partial charge on any atom is 0.490 e. The molecule has 1 saturated heterocycles. The van der Waals surface area contributed by atoms with E-state index in [2.05, 4.69) is 35.9 Å². The summed E-state index contributed by atoms with van der Waals surface area (Å²) < 4.78 is 78.9. The summed E-state index contributed by atoms with van der Waals surface area (Å²) in [7, 11) is -2.93. The van der Waals surface area contributed by atoms with Gasteiger partial charge in [0.2, 0.25) is 0 Å². The fourth-order valence-electron chi connectivity index (χ4n) is 2.70. The molecule has 1 aromatic carbocycles. The molecule has 0 saturated carbocycles. The van der Waals surface area contributed by atoms with Crippen LogP contribution in [0.5, 0.6) is 5.75 Å². The molecule has 2 heterocycles. The van der Waals surface area contributed by atoms with Crippen molar-refractivity contribution in [3.63, 3.8) is 0 Å². The number of hydrogen-bond acceptors (Lipinski definition) is 7. The van der Waals surface area contributed by atoms with Crippen LogP contribution in [0.2, 0.25) is 0 Å². The number of nitrogens with one attached hydrogen (secondary N) is 2. The van der Waals surface area contributed by atoms with Crippen LogP contribution in [0.1, 0.15) is 0 Å². The third-order valence-electron chi connectivity index (χ3n) is 4.21. The average molecular weight is 559 g/mol. The number of pyridine rings is 1. The summed E-state index contributed by atoms with van der Waals surface area (Å²) in [6.07, 6.45) is -3.56. The van der Waals surface area contributed by atoms with E-state index in [1.807, 2.05) is 6.07 Å². The first-order chi connectivity index (χ1) is 15.4. The lowest BCUT2D eigenvalue weighted by atomic mass is 10.3. The number of rotatable bonds is 5. The number of sulfonamides is 1. The maximum atomic E-state index is 14.5. The first-order valence-corrected chi connectivity index (χ1v) is 11.4. The van der Waals surface area contributed by atoms with Crippen LogP contribution in [0.25, 0.3) is 0 Å². The van der Waals surface area contributed by atoms with Gasteiger partial charge < -0.3 is 20.1 Å². The average Bonchev–Trinajstić information content (AvgIpc) is 2.74. The van der Waals surface area contributed by atoms with Crippen LogP contribution in [0.4, 0.5) is 29.1 Å². The second kappa shape index (κ2) is 11.0. The molecule has 1 aromatic heterocycles. The summed E-state index contributed by atoms with van der Waals surface area (Å²) in [6, 6.07) is 6.21. The molecule has 182 valence electrons. The fourth-order valence-corrected chi connectivity index (χ4v) is 4.80. The zero-order chi connectivity index (χ0) is 24.8. The van der Waals surface area contributed by atoms with Gasteiger partial charge in [-0.2, -0.15) is 13.2 Å². The van der Waals surface area contributed by atoms with Crippen molar-refractivity contribution in [2.45, 2.75) is 11.1 Å². The highest BCUT2D eigenvalue weighted by atomic mass is 79.9. The van der Waals surface area contributed by atoms with Crippen LogP contribution in [-0.4, -0.2) is 63.9 Å². The molecule has 1 aliphatic heterocycles. The Hall–Kier alpha value is -2.65. The van der Waals surface area contributed by atoms with Gasteiger partial charge in [-0.25, -0.2) is 22.6 Å². The topological polar surface area (TPSA) is 121 Å². The second-order valence-electron chi connectivity index (χ2n) is 6.44. The van der Waals surface area contributed by atoms with E-state index in [1.54, 1.807) is 6.07 Å². The first kappa shape index (κ1) is 26.6. The maximum absolute atomic E-state index is 14.5. The minimum absolute atomic E-state index is 0.0987. The molecule has 0 aliphatic carbocycles. The van der Waals surface area contributed by atoms with Crippen LogP contribution in [0.3, 0.4) is 0 Å². The molecular formula is C18H19BrF4N4O5S. The molecule has 0 amide bonds. The number of carboxylic acid groups (broad SMARTS) is 1. The molecule has 0 atom stereocenters. The van der Waals surface area contributed by atoms with Gasteiger partial charge in [-0.3, -0.25) is 4.72 Å². The largest absolute Gasteiger partial charge is 0.494 e. The van der Waals surface area contributed by atoms with Crippen LogP contribution >= 0.6 is 15.9 Å². The molecule has 3 rings (SSSR count). The number of aliphatic carboxylic acids is 1. The number of benzene rings is 1. The fraction of sp³-hybridized carbons (Fsp3) is 0.333. The van der Waals surface area contributed by atoms with Crippen LogP contribution < -0.4 is 19.7 Å². The Kier molecular flexibility index (Phi) is 8.85. The predicted octanol–water partition coefficient (Wildman–Crippen LogP) is 2.84. The third-order valence-corrected chi connectivity index (χ3v) is 6.55. The van der Waals surface area contributed by atoms with Crippen LogP contribution in [0.15, 0.2) is 39.8 Å². The Bertz CT molecular complexity index is 1100. The number of carbonyl (C=O) groups is 1. The smallest absolute Gasteiger partial charge is 0.490 e. The highest BCUT2D eigenvalue weighted by Crippen LogP contribution is 2.32. The summed E-state index contributed by atoms with van der Waals surface area (Å²) in [4.78, 5) is 14.5. The summed E-state index contributed by atoms with van der Waals surface area (Å²) in [6.45, 7) is 3.33. The Morgan fingerprint density at radius 3 is 2.42 bits per heavy atom. The number of carboxylic acids is 1. The Balaban J connectivity index is 0.000000479. The quantitative estimate of drug-likeness (QED) is 0.479. The van der Waals surface area contributed by atoms with Gasteiger partial charge in [-0.15, -0.1) is 0 Å². The Morgan fingerprint density at radius 2 is 1.88 bits per heavy atom. The number of methoxy groups -OCH3 is 1. The number of hydrogen-bond donors (Lipinski definition) is 3. The van der Waals surface area contributed by atoms with E-state index in [1.165, 1.54) is 25.4 Å². The lowest BCUT2D eigenvalue weighted by Crippen LogP contribution is -2.43. The van der Waals surface area contributed by atoms with Crippen LogP contribution in [0, 0.1) is 5.82 Å². The van der Waals surface area contributed by atoms with E-state index >= 15 is 0 Å². The molecule has 0 radical (unpaired) electrons. The number of piperazine rings is 1. The highest BCUT2D eigenvalue weighted by Gasteiger charge is 2.38. The van der Waals surface area contributed by atoms with E-state index in [0.717, 1.165) is 31.9 Å². The van der Waals surface area contributed by atoms with Gasteiger partial charge >= 0.3 is 12.1 Å². The number of aromatic nitrogens is 1. The first-order valence-electron chi connectivity index (χ1n) is 9.13. The second-order valence-corrected chi connectivity index (χ2v) is 8.91. The van der Waals surface area contributed by atoms with Gasteiger partial charge in [-0.1, -0.05) is 0 Å². The molecule has 1 aliphatic rings. The number of ether oxygens (including phenoxy) is 1. The van der Waals surface area contributed by atoms with Gasteiger partial charge in [0.15, 0.2) is 11.6 Å². The van der Waals surface area contributed by atoms with E-state index in [4.69, 9.17) is 14.6 Å². The molecule has 33 heavy (non-hydrogen) atoms. The standard InChI is InChI=1S/C16H18BrFN4O3S.C2HF3O2/c1-25-13-3-2-12(17)16(15(13)18)26(23,24)21-14-10-11(4-5-20-14)22-8-6-19-7-9-22;3-2(4,5)1(6)7/h2-5,10,19H,6-9H2,1H3,(H,20,21);(H,6,7). The molecule has 0 unspecified atom stereocenters. The normalized spacial score (nSPS) is 14.2. The van der Waals surface area contributed by atoms with Crippen molar-refractivity contribution in [3.8, 4) is 5.75 Å². The minimum atomic E-state index is -5.08. The number of alkyl halides is 3. The van der Waals surface area contributed by atoms with Gasteiger partial charge in [0.05, 0.1) is 7.11 Å². The van der Waals surface area contributed by atoms with E-state index in [9.17, 15) is 26.0 Å². The van der Waals surface area contributed by atoms with Crippen molar-refractivity contribution in [1.82, 2.24) is 10.3 Å². The summed E-state index contributed by atoms with van der Waals surface area (Å²) >= 11 is 3.09. The SMILES string of the molecule is COc1ccc(Br)c(S(=O)(=O)Nc2cc(N3CCNCC3)ccn2)c1F.O=C(O)C(F)(F)F. The molecular weight excluding hydrogens is 540 g/mol. The van der Waals surface area contributed by atoms with Crippen molar-refractivity contribution in [2.75, 3.05) is 42.9 Å². The van der Waals surface area contributed by atoms with Crippen molar-refractivity contribution < 1.29 is 40.6 Å². The third kappa shape index (κ3) is 7.17. The van der Waals surface area contributed by atoms with Gasteiger partial charge in [0.25, 0.3) is 10.0 Å². The van der Waals surface area contributed by atoms with Crippen molar-refractivity contribution in [2.24, 2.45) is 0 Å². The van der Waals surface area contributed by atoms with Crippen LogP contribution in [-0.2, 0) is 14.8 Å². The molecule has 15 heteroatoms. The molecule has 0 bridgehead atoms. The van der Waals surface area contributed by atoms with Crippen molar-refractivity contribution in [3.05, 3.63) is 40.8 Å². The van der Waals surface area contributed by atoms with Gasteiger partial charge in [0, 0.05) is 48.6 Å². The van der Waals surface area contributed by atoms with Gasteiger partial charge in [-0.05, 0) is 34.1 Å². The van der Waals surface area contributed by atoms with E-state index < -0.39 is 32.9 Å². The zero-order valence-electron chi connectivity index (χ0n) is 17.0. The monoisotopic (exact) mass is 558 g/mol. The number of anilines is 2. The Morgan fingerprint density at radius 1 is 1.27 bits per heavy atom. The Labute approximate surface area is 194 Å². The summed E-state index contributed by atoms with van der Waals surface area (Å²) in [5.74, 6) is -3.76. The lowest BCUT2D eigenvalue weighted by Gasteiger charge is -2.29. The highest BCUT2D eigenvalue weighted by molar-refractivity contribution is 9.10. The summed E-state index contributed by atoms with van der Waals surface area (Å²) in [5.41, 5.74) is 0.851. The predicted molar refractivity (Wildman–Crippen MR) is 114 cm³/mol. The minimum Gasteiger partial charge on any atom is -0.494 e.